The van der Waals surface area contributed by atoms with Crippen molar-refractivity contribution in [3.05, 3.63) is 50.9 Å². The second-order valence-electron chi connectivity index (χ2n) is 5.77. The normalized spacial score (nSPS) is 11.0. The molecule has 7 heteroatoms. The number of benzene rings is 1. The summed E-state index contributed by atoms with van der Waals surface area (Å²) in [6, 6.07) is 7.66. The fourth-order valence-electron chi connectivity index (χ4n) is 2.19. The molecule has 1 aromatic heterocycles. The molecule has 1 amide bonds. The van der Waals surface area contributed by atoms with Crippen LogP contribution >= 0.6 is 35.3 Å². The highest BCUT2D eigenvalue weighted by Crippen LogP contribution is 2.21. The first-order valence-corrected chi connectivity index (χ1v) is 8.37. The molecule has 0 radical (unpaired) electrons. The quantitative estimate of drug-likeness (QED) is 0.814. The Morgan fingerprint density at radius 2 is 2.09 bits per heavy atom. The number of carbonyl (C=O) groups is 1. The van der Waals surface area contributed by atoms with E-state index in [-0.39, 0.29) is 18.3 Å². The summed E-state index contributed by atoms with van der Waals surface area (Å²) in [6.07, 6.45) is 1.35. The van der Waals surface area contributed by atoms with E-state index in [2.05, 4.69) is 10.3 Å². The molecular weight excluding hydrogens is 353 g/mol. The largest absolute Gasteiger partial charge is 0.345 e. The summed E-state index contributed by atoms with van der Waals surface area (Å²) in [6.45, 7) is 4.48. The molecule has 3 N–H and O–H groups in total. The molecule has 0 aliphatic rings. The van der Waals surface area contributed by atoms with Crippen LogP contribution in [-0.4, -0.2) is 23.0 Å². The van der Waals surface area contributed by atoms with Gasteiger partial charge in [0.2, 0.25) is 0 Å². The number of rotatable bonds is 6. The Hall–Kier alpha value is -1.14. The lowest BCUT2D eigenvalue weighted by molar-refractivity contribution is 0.0908. The second kappa shape index (κ2) is 8.64. The Morgan fingerprint density at radius 3 is 2.74 bits per heavy atom. The minimum absolute atomic E-state index is 0. The highest BCUT2D eigenvalue weighted by Gasteiger charge is 2.23. The average Bonchev–Trinajstić information content (AvgIpc) is 2.90. The molecule has 0 fully saturated rings. The Balaban J connectivity index is 0.00000264. The van der Waals surface area contributed by atoms with E-state index in [1.165, 1.54) is 11.3 Å². The van der Waals surface area contributed by atoms with Crippen molar-refractivity contribution < 1.29 is 4.79 Å². The number of aromatic nitrogens is 1. The molecule has 1 heterocycles. The van der Waals surface area contributed by atoms with Crippen LogP contribution in [0.15, 0.2) is 29.6 Å². The third kappa shape index (κ3) is 5.77. The molecule has 0 saturated carbocycles. The van der Waals surface area contributed by atoms with E-state index in [4.69, 9.17) is 17.3 Å². The lowest BCUT2D eigenvalue weighted by atomic mass is 9.94. The maximum atomic E-state index is 12.3. The summed E-state index contributed by atoms with van der Waals surface area (Å²) < 4.78 is 0. The Morgan fingerprint density at radius 1 is 1.39 bits per heavy atom. The van der Waals surface area contributed by atoms with E-state index in [1.807, 2.05) is 38.1 Å². The van der Waals surface area contributed by atoms with Gasteiger partial charge in [0.15, 0.2) is 0 Å². The van der Waals surface area contributed by atoms with E-state index >= 15 is 0 Å². The van der Waals surface area contributed by atoms with Crippen molar-refractivity contribution in [3.8, 4) is 0 Å². The predicted octanol–water partition coefficient (Wildman–Crippen LogP) is 3.47. The zero-order valence-corrected chi connectivity index (χ0v) is 15.5. The molecule has 1 aromatic carbocycles. The van der Waals surface area contributed by atoms with Gasteiger partial charge in [0.05, 0.1) is 5.01 Å². The lowest BCUT2D eigenvalue weighted by Crippen LogP contribution is -2.45. The molecule has 0 bridgehead atoms. The first-order valence-electron chi connectivity index (χ1n) is 7.12. The summed E-state index contributed by atoms with van der Waals surface area (Å²) in [5.74, 6) is -0.170. The van der Waals surface area contributed by atoms with Crippen LogP contribution < -0.4 is 11.1 Å². The number of hydrogen-bond donors (Lipinski definition) is 2. The Bertz CT molecular complexity index is 658. The van der Waals surface area contributed by atoms with Gasteiger partial charge < -0.3 is 11.1 Å². The zero-order chi connectivity index (χ0) is 16.2. The van der Waals surface area contributed by atoms with Crippen molar-refractivity contribution >= 4 is 41.3 Å². The van der Waals surface area contributed by atoms with E-state index in [0.29, 0.717) is 30.1 Å². The van der Waals surface area contributed by atoms with Gasteiger partial charge in [-0.05, 0) is 38.4 Å². The monoisotopic (exact) mass is 373 g/mol. The highest BCUT2D eigenvalue weighted by atomic mass is 35.5. The Kier molecular flexibility index (Phi) is 7.48. The van der Waals surface area contributed by atoms with Crippen LogP contribution in [0.5, 0.6) is 0 Å². The number of amides is 1. The van der Waals surface area contributed by atoms with Crippen molar-refractivity contribution in [2.75, 3.05) is 6.54 Å². The third-order valence-corrected chi connectivity index (χ3v) is 4.46. The molecule has 2 rings (SSSR count). The van der Waals surface area contributed by atoms with Crippen molar-refractivity contribution in [2.24, 2.45) is 5.73 Å². The minimum atomic E-state index is -0.417. The van der Waals surface area contributed by atoms with Crippen molar-refractivity contribution in [2.45, 2.75) is 32.2 Å². The summed E-state index contributed by atoms with van der Waals surface area (Å²) in [7, 11) is 0. The van der Waals surface area contributed by atoms with Gasteiger partial charge in [-0.25, -0.2) is 4.98 Å². The molecule has 126 valence electrons. The van der Waals surface area contributed by atoms with Gasteiger partial charge in [-0.1, -0.05) is 29.8 Å². The van der Waals surface area contributed by atoms with E-state index in [1.54, 1.807) is 5.38 Å². The van der Waals surface area contributed by atoms with E-state index < -0.39 is 5.54 Å². The van der Waals surface area contributed by atoms with Gasteiger partial charge in [-0.3, -0.25) is 4.79 Å². The van der Waals surface area contributed by atoms with Gasteiger partial charge in [-0.15, -0.1) is 23.7 Å². The number of nitrogens with one attached hydrogen (secondary N) is 1. The first kappa shape index (κ1) is 19.9. The fourth-order valence-corrected chi connectivity index (χ4v) is 3.18. The summed E-state index contributed by atoms with van der Waals surface area (Å²) in [5, 5.41) is 6.39. The van der Waals surface area contributed by atoms with Gasteiger partial charge in [0.25, 0.3) is 5.91 Å². The number of nitrogens with two attached hydrogens (primary N) is 1. The second-order valence-corrected chi connectivity index (χ2v) is 7.12. The lowest BCUT2D eigenvalue weighted by Gasteiger charge is -2.26. The SMILES string of the molecule is CC(C)(Cc1ccccc1Cl)NC(=O)c1csc(CCN)n1.Cl. The molecule has 4 nitrogen and oxygen atoms in total. The maximum Gasteiger partial charge on any atom is 0.271 e. The predicted molar refractivity (Wildman–Crippen MR) is 98.8 cm³/mol. The van der Waals surface area contributed by atoms with E-state index in [0.717, 1.165) is 10.6 Å². The van der Waals surface area contributed by atoms with Crippen LogP contribution in [0.1, 0.15) is 34.9 Å². The molecule has 0 aliphatic heterocycles. The van der Waals surface area contributed by atoms with Crippen LogP contribution in [0.4, 0.5) is 0 Å². The van der Waals surface area contributed by atoms with Crippen molar-refractivity contribution in [1.29, 1.82) is 0 Å². The van der Waals surface area contributed by atoms with Crippen LogP contribution in [0, 0.1) is 0 Å². The summed E-state index contributed by atoms with van der Waals surface area (Å²) >= 11 is 7.65. The molecule has 0 saturated heterocycles. The topological polar surface area (TPSA) is 68.0 Å². The zero-order valence-electron chi connectivity index (χ0n) is 13.1. The first-order chi connectivity index (χ1) is 10.4. The van der Waals surface area contributed by atoms with Crippen LogP contribution in [-0.2, 0) is 12.8 Å². The number of carbonyl (C=O) groups excluding carboxylic acids is 1. The van der Waals surface area contributed by atoms with E-state index in [9.17, 15) is 4.79 Å². The van der Waals surface area contributed by atoms with Crippen LogP contribution in [0.25, 0.3) is 0 Å². The van der Waals surface area contributed by atoms with Crippen LogP contribution in [0.2, 0.25) is 5.02 Å². The highest BCUT2D eigenvalue weighted by molar-refractivity contribution is 7.09. The molecule has 0 spiro atoms. The molecule has 0 atom stereocenters. The third-order valence-electron chi connectivity index (χ3n) is 3.18. The summed E-state index contributed by atoms with van der Waals surface area (Å²) in [4.78, 5) is 16.6. The number of hydrogen-bond acceptors (Lipinski definition) is 4. The molecule has 23 heavy (non-hydrogen) atoms. The van der Waals surface area contributed by atoms with Gasteiger partial charge >= 0.3 is 0 Å². The summed E-state index contributed by atoms with van der Waals surface area (Å²) in [5.41, 5.74) is 6.54. The van der Waals surface area contributed by atoms with Gasteiger partial charge in [0, 0.05) is 22.4 Å². The van der Waals surface area contributed by atoms with Gasteiger partial charge in [-0.2, -0.15) is 0 Å². The van der Waals surface area contributed by atoms with Crippen LogP contribution in [0.3, 0.4) is 0 Å². The van der Waals surface area contributed by atoms with Crippen molar-refractivity contribution in [1.82, 2.24) is 10.3 Å². The van der Waals surface area contributed by atoms with Crippen molar-refractivity contribution in [3.63, 3.8) is 0 Å². The standard InChI is InChI=1S/C16H20ClN3OS.ClH/c1-16(2,9-11-5-3-4-6-12(11)17)20-15(21)13-10-22-14(19-13)7-8-18;/h3-6,10H,7-9,18H2,1-2H3,(H,20,21);1H. The molecule has 0 unspecified atom stereocenters. The van der Waals surface area contributed by atoms with Gasteiger partial charge in [0.1, 0.15) is 5.69 Å². The Labute approximate surface area is 151 Å². The fraction of sp³-hybridized carbons (Fsp3) is 0.375. The molecular formula is C16H21Cl2N3OS. The maximum absolute atomic E-state index is 12.3. The molecule has 0 aliphatic carbocycles. The smallest absolute Gasteiger partial charge is 0.271 e. The average molecular weight is 374 g/mol. The minimum Gasteiger partial charge on any atom is -0.345 e. The number of thiazole rings is 1. The number of nitrogens with zero attached hydrogens (tertiary/aromatic N) is 1. The number of halogens is 2. The molecule has 2 aromatic rings.